The van der Waals surface area contributed by atoms with Crippen molar-refractivity contribution in [3.05, 3.63) is 29.6 Å². The lowest BCUT2D eigenvalue weighted by Gasteiger charge is -2.26. The summed E-state index contributed by atoms with van der Waals surface area (Å²) in [6, 6.07) is 4.94. The highest BCUT2D eigenvalue weighted by atomic mass is 19.1. The molecule has 2 nitrogen and oxygen atoms in total. The molecule has 0 fully saturated rings. The van der Waals surface area contributed by atoms with E-state index in [0.717, 1.165) is 30.6 Å². The predicted molar refractivity (Wildman–Crippen MR) is 55.9 cm³/mol. The molecule has 3 N–H and O–H groups in total. The van der Waals surface area contributed by atoms with Crippen LogP contribution in [0.1, 0.15) is 24.3 Å². The molecule has 1 heterocycles. The largest absolute Gasteiger partial charge is 0.385 e. The lowest BCUT2D eigenvalue weighted by atomic mass is 9.88. The molecule has 1 aliphatic heterocycles. The molecule has 0 aliphatic carbocycles. The molecule has 1 aromatic carbocycles. The summed E-state index contributed by atoms with van der Waals surface area (Å²) in [4.78, 5) is 0. The van der Waals surface area contributed by atoms with E-state index in [1.807, 2.05) is 6.07 Å². The Hall–Kier alpha value is -1.09. The monoisotopic (exact) mass is 194 g/mol. The van der Waals surface area contributed by atoms with E-state index in [0.29, 0.717) is 12.5 Å². The first-order valence-electron chi connectivity index (χ1n) is 5.04. The molecule has 76 valence electrons. The molecule has 0 aromatic heterocycles. The van der Waals surface area contributed by atoms with Crippen LogP contribution in [-0.2, 0) is 0 Å². The van der Waals surface area contributed by atoms with Gasteiger partial charge in [0.2, 0.25) is 0 Å². The molecule has 0 spiro atoms. The van der Waals surface area contributed by atoms with Gasteiger partial charge in [0, 0.05) is 12.2 Å². The maximum atomic E-state index is 13.0. The molecule has 0 saturated heterocycles. The Morgan fingerprint density at radius 3 is 3.14 bits per heavy atom. The van der Waals surface area contributed by atoms with Crippen molar-refractivity contribution in [3.63, 3.8) is 0 Å². The molecule has 0 radical (unpaired) electrons. The quantitative estimate of drug-likeness (QED) is 0.756. The van der Waals surface area contributed by atoms with Crippen LogP contribution in [0.5, 0.6) is 0 Å². The second-order valence-electron chi connectivity index (χ2n) is 3.72. The Kier molecular flexibility index (Phi) is 2.68. The van der Waals surface area contributed by atoms with Gasteiger partial charge in [0.1, 0.15) is 5.82 Å². The highest BCUT2D eigenvalue weighted by Crippen LogP contribution is 2.33. The fraction of sp³-hybridized carbons (Fsp3) is 0.455. The molecule has 14 heavy (non-hydrogen) atoms. The average Bonchev–Trinajstić information content (AvgIpc) is 2.19. The van der Waals surface area contributed by atoms with Crippen molar-refractivity contribution in [1.82, 2.24) is 0 Å². The molecule has 0 amide bonds. The van der Waals surface area contributed by atoms with Crippen LogP contribution >= 0.6 is 0 Å². The minimum Gasteiger partial charge on any atom is -0.385 e. The predicted octanol–water partition coefficient (Wildman–Crippen LogP) is 2.07. The first-order valence-corrected chi connectivity index (χ1v) is 5.04. The van der Waals surface area contributed by atoms with Crippen LogP contribution in [0.25, 0.3) is 0 Å². The third-order valence-corrected chi connectivity index (χ3v) is 2.78. The number of anilines is 1. The fourth-order valence-electron chi connectivity index (χ4n) is 2.07. The molecule has 1 aromatic rings. The van der Waals surface area contributed by atoms with E-state index in [4.69, 9.17) is 5.73 Å². The first kappa shape index (κ1) is 9.46. The molecular formula is C11H15FN2. The summed E-state index contributed by atoms with van der Waals surface area (Å²) < 4.78 is 13.0. The minimum absolute atomic E-state index is 0.158. The number of rotatable bonds is 2. The maximum Gasteiger partial charge on any atom is 0.123 e. The SMILES string of the molecule is NCCC1CCNc2ccc(F)cc21. The molecule has 0 bridgehead atoms. The van der Waals surface area contributed by atoms with Gasteiger partial charge in [-0.2, -0.15) is 0 Å². The van der Waals surface area contributed by atoms with E-state index in [2.05, 4.69) is 5.32 Å². The number of benzene rings is 1. The van der Waals surface area contributed by atoms with Crippen molar-refractivity contribution in [1.29, 1.82) is 0 Å². The Morgan fingerprint density at radius 1 is 1.50 bits per heavy atom. The third-order valence-electron chi connectivity index (χ3n) is 2.78. The second-order valence-corrected chi connectivity index (χ2v) is 3.72. The average molecular weight is 194 g/mol. The van der Waals surface area contributed by atoms with E-state index in [9.17, 15) is 4.39 Å². The van der Waals surface area contributed by atoms with E-state index >= 15 is 0 Å². The molecule has 1 atom stereocenters. The Morgan fingerprint density at radius 2 is 2.36 bits per heavy atom. The van der Waals surface area contributed by atoms with Crippen LogP contribution < -0.4 is 11.1 Å². The summed E-state index contributed by atoms with van der Waals surface area (Å²) in [6.07, 6.45) is 1.99. The van der Waals surface area contributed by atoms with Gasteiger partial charge in [-0.25, -0.2) is 4.39 Å². The summed E-state index contributed by atoms with van der Waals surface area (Å²) in [7, 11) is 0. The number of halogens is 1. The van der Waals surface area contributed by atoms with Crippen LogP contribution in [0.15, 0.2) is 18.2 Å². The first-order chi connectivity index (χ1) is 6.81. The van der Waals surface area contributed by atoms with Gasteiger partial charge in [0.25, 0.3) is 0 Å². The van der Waals surface area contributed by atoms with Crippen molar-refractivity contribution in [2.75, 3.05) is 18.4 Å². The topological polar surface area (TPSA) is 38.0 Å². The van der Waals surface area contributed by atoms with Gasteiger partial charge in [-0.1, -0.05) is 0 Å². The summed E-state index contributed by atoms with van der Waals surface area (Å²) in [6.45, 7) is 1.63. The van der Waals surface area contributed by atoms with Crippen LogP contribution in [0, 0.1) is 5.82 Å². The zero-order valence-corrected chi connectivity index (χ0v) is 8.09. The van der Waals surface area contributed by atoms with Crippen molar-refractivity contribution in [2.24, 2.45) is 5.73 Å². The van der Waals surface area contributed by atoms with Gasteiger partial charge in [0.15, 0.2) is 0 Å². The lowest BCUT2D eigenvalue weighted by molar-refractivity contribution is 0.573. The van der Waals surface area contributed by atoms with Crippen molar-refractivity contribution >= 4 is 5.69 Å². The summed E-state index contributed by atoms with van der Waals surface area (Å²) in [5, 5.41) is 3.27. The number of nitrogens with one attached hydrogen (secondary N) is 1. The molecule has 0 saturated carbocycles. The van der Waals surface area contributed by atoms with Crippen LogP contribution in [0.4, 0.5) is 10.1 Å². The van der Waals surface area contributed by atoms with Gasteiger partial charge in [-0.05, 0) is 49.1 Å². The minimum atomic E-state index is -0.158. The highest BCUT2D eigenvalue weighted by Gasteiger charge is 2.19. The van der Waals surface area contributed by atoms with Crippen LogP contribution in [-0.4, -0.2) is 13.1 Å². The molecule has 3 heteroatoms. The van der Waals surface area contributed by atoms with Gasteiger partial charge in [-0.15, -0.1) is 0 Å². The standard InChI is InChI=1S/C11H15FN2/c12-9-1-2-11-10(7-9)8(3-5-13)4-6-14-11/h1-2,7-8,14H,3-6,13H2. The highest BCUT2D eigenvalue weighted by molar-refractivity contribution is 5.54. The summed E-state index contributed by atoms with van der Waals surface area (Å²) >= 11 is 0. The van der Waals surface area contributed by atoms with E-state index in [1.165, 1.54) is 6.07 Å². The number of fused-ring (bicyclic) bond motifs is 1. The van der Waals surface area contributed by atoms with Gasteiger partial charge in [-0.3, -0.25) is 0 Å². The van der Waals surface area contributed by atoms with E-state index in [-0.39, 0.29) is 5.82 Å². The van der Waals surface area contributed by atoms with Crippen LogP contribution in [0.3, 0.4) is 0 Å². The third kappa shape index (κ3) is 1.73. The number of hydrogen-bond donors (Lipinski definition) is 2. The van der Waals surface area contributed by atoms with Gasteiger partial charge >= 0.3 is 0 Å². The molecule has 1 unspecified atom stereocenters. The van der Waals surface area contributed by atoms with Gasteiger partial charge in [0.05, 0.1) is 0 Å². The number of nitrogens with two attached hydrogens (primary N) is 1. The normalized spacial score (nSPS) is 20.0. The van der Waals surface area contributed by atoms with E-state index < -0.39 is 0 Å². The molecular weight excluding hydrogens is 179 g/mol. The van der Waals surface area contributed by atoms with Gasteiger partial charge < -0.3 is 11.1 Å². The smallest absolute Gasteiger partial charge is 0.123 e. The zero-order valence-electron chi connectivity index (χ0n) is 8.09. The molecule has 2 rings (SSSR count). The van der Waals surface area contributed by atoms with Crippen molar-refractivity contribution in [3.8, 4) is 0 Å². The van der Waals surface area contributed by atoms with E-state index in [1.54, 1.807) is 6.07 Å². The Bertz CT molecular complexity index is 325. The lowest BCUT2D eigenvalue weighted by Crippen LogP contribution is -2.19. The Labute approximate surface area is 83.3 Å². The number of hydrogen-bond acceptors (Lipinski definition) is 2. The maximum absolute atomic E-state index is 13.0. The van der Waals surface area contributed by atoms with Crippen molar-refractivity contribution < 1.29 is 4.39 Å². The zero-order chi connectivity index (χ0) is 9.97. The Balaban J connectivity index is 2.32. The fourth-order valence-corrected chi connectivity index (χ4v) is 2.07. The summed E-state index contributed by atoms with van der Waals surface area (Å²) in [5.74, 6) is 0.265. The van der Waals surface area contributed by atoms with Crippen molar-refractivity contribution in [2.45, 2.75) is 18.8 Å². The second kappa shape index (κ2) is 3.96. The summed E-state index contributed by atoms with van der Waals surface area (Å²) in [5.41, 5.74) is 7.69. The van der Waals surface area contributed by atoms with Crippen LogP contribution in [0.2, 0.25) is 0 Å². The molecule has 1 aliphatic rings.